The zero-order valence-electron chi connectivity index (χ0n) is 20.1. The van der Waals surface area contributed by atoms with Crippen molar-refractivity contribution in [3.63, 3.8) is 0 Å². The smallest absolute Gasteiger partial charge is 0.255 e. The Balaban J connectivity index is 1.47. The van der Waals surface area contributed by atoms with Crippen molar-refractivity contribution in [1.29, 1.82) is 0 Å². The van der Waals surface area contributed by atoms with E-state index in [-0.39, 0.29) is 10.8 Å². The van der Waals surface area contributed by atoms with Gasteiger partial charge in [0.25, 0.3) is 5.91 Å². The van der Waals surface area contributed by atoms with Crippen molar-refractivity contribution in [1.82, 2.24) is 9.21 Å². The van der Waals surface area contributed by atoms with Gasteiger partial charge in [-0.15, -0.1) is 0 Å². The number of nitrogens with zero attached hydrogens (tertiary/aromatic N) is 2. The Hall–Kier alpha value is -2.42. The van der Waals surface area contributed by atoms with E-state index in [0.29, 0.717) is 30.1 Å². The van der Waals surface area contributed by atoms with Crippen molar-refractivity contribution in [2.75, 3.05) is 38.6 Å². The van der Waals surface area contributed by atoms with Crippen molar-refractivity contribution in [3.05, 3.63) is 53.6 Å². The molecule has 2 fully saturated rings. The van der Waals surface area contributed by atoms with Crippen LogP contribution in [0.25, 0.3) is 0 Å². The molecule has 2 aromatic carbocycles. The highest BCUT2D eigenvalue weighted by molar-refractivity contribution is 7.89. The van der Waals surface area contributed by atoms with Crippen LogP contribution in [0.1, 0.15) is 54.9 Å². The van der Waals surface area contributed by atoms with Gasteiger partial charge in [0.2, 0.25) is 10.0 Å². The molecule has 1 amide bonds. The molecule has 0 aliphatic carbocycles. The highest BCUT2D eigenvalue weighted by Gasteiger charge is 2.27. The Bertz CT molecular complexity index is 1100. The third-order valence-corrected chi connectivity index (χ3v) is 8.63. The lowest BCUT2D eigenvalue weighted by Gasteiger charge is -2.30. The molecule has 0 aromatic heterocycles. The molecular formula is C26H35N3O4S. The van der Waals surface area contributed by atoms with Crippen molar-refractivity contribution in [2.24, 2.45) is 5.92 Å². The van der Waals surface area contributed by atoms with Gasteiger partial charge in [-0.1, -0.05) is 25.5 Å². The minimum Gasteiger partial charge on any atom is -0.495 e. The average Bonchev–Trinajstić information content (AvgIpc) is 2.85. The van der Waals surface area contributed by atoms with E-state index in [1.165, 1.54) is 42.0 Å². The number of sulfonamides is 1. The largest absolute Gasteiger partial charge is 0.495 e. The molecule has 8 heteroatoms. The normalized spacial score (nSPS) is 20.1. The molecule has 7 nitrogen and oxygen atoms in total. The van der Waals surface area contributed by atoms with E-state index in [1.807, 2.05) is 24.3 Å². The van der Waals surface area contributed by atoms with Crippen LogP contribution in [0.2, 0.25) is 0 Å². The molecule has 0 bridgehead atoms. The minimum absolute atomic E-state index is 0.164. The van der Waals surface area contributed by atoms with Crippen LogP contribution in [0.5, 0.6) is 5.75 Å². The van der Waals surface area contributed by atoms with E-state index in [1.54, 1.807) is 6.07 Å². The van der Waals surface area contributed by atoms with Crippen molar-refractivity contribution in [2.45, 2.75) is 50.5 Å². The number of piperidine rings is 2. The molecule has 34 heavy (non-hydrogen) atoms. The van der Waals surface area contributed by atoms with E-state index < -0.39 is 10.0 Å². The molecule has 2 saturated heterocycles. The van der Waals surface area contributed by atoms with Gasteiger partial charge in [-0.2, -0.15) is 4.31 Å². The maximum atomic E-state index is 13.1. The van der Waals surface area contributed by atoms with Gasteiger partial charge in [0.05, 0.1) is 17.7 Å². The minimum atomic E-state index is -3.61. The van der Waals surface area contributed by atoms with Crippen molar-refractivity contribution >= 4 is 21.6 Å². The Labute approximate surface area is 203 Å². The summed E-state index contributed by atoms with van der Waals surface area (Å²) in [5, 5.41) is 2.84. The summed E-state index contributed by atoms with van der Waals surface area (Å²) in [6.07, 6.45) is 5.30. The molecule has 0 spiro atoms. The quantitative estimate of drug-likeness (QED) is 0.631. The summed E-state index contributed by atoms with van der Waals surface area (Å²) < 4.78 is 33.1. The molecule has 0 saturated carbocycles. The van der Waals surface area contributed by atoms with Crippen LogP contribution in [0, 0.1) is 5.92 Å². The predicted molar refractivity (Wildman–Crippen MR) is 134 cm³/mol. The molecule has 2 heterocycles. The van der Waals surface area contributed by atoms with Crippen LogP contribution >= 0.6 is 0 Å². The van der Waals surface area contributed by atoms with E-state index in [0.717, 1.165) is 44.8 Å². The maximum Gasteiger partial charge on any atom is 0.255 e. The number of amides is 1. The topological polar surface area (TPSA) is 79.0 Å². The number of rotatable bonds is 7. The molecule has 184 valence electrons. The van der Waals surface area contributed by atoms with E-state index in [4.69, 9.17) is 4.74 Å². The first-order valence-electron chi connectivity index (χ1n) is 12.2. The summed E-state index contributed by atoms with van der Waals surface area (Å²) in [5.74, 6) is 0.842. The number of methoxy groups -OCH3 is 1. The summed E-state index contributed by atoms with van der Waals surface area (Å²) in [6, 6.07) is 12.2. The van der Waals surface area contributed by atoms with Crippen LogP contribution < -0.4 is 10.1 Å². The van der Waals surface area contributed by atoms with E-state index >= 15 is 0 Å². The summed E-state index contributed by atoms with van der Waals surface area (Å²) in [7, 11) is -2.11. The van der Waals surface area contributed by atoms with Crippen LogP contribution in [0.3, 0.4) is 0 Å². The standard InChI is InChI=1S/C26H35N3O4S/c1-20-7-6-14-28(18-20)19-21-8-10-22(11-9-21)26(30)27-24-17-23(12-13-25(24)33-2)34(31,32)29-15-4-3-5-16-29/h8-13,17,20H,3-7,14-16,18-19H2,1-2H3,(H,27,30). The molecule has 1 atom stereocenters. The van der Waals surface area contributed by atoms with Crippen LogP contribution in [0.4, 0.5) is 5.69 Å². The Morgan fingerprint density at radius 3 is 2.44 bits per heavy atom. The van der Waals surface area contributed by atoms with Gasteiger partial charge in [0, 0.05) is 31.7 Å². The fourth-order valence-corrected chi connectivity index (χ4v) is 6.39. The lowest BCUT2D eigenvalue weighted by atomic mass is 9.99. The maximum absolute atomic E-state index is 13.1. The van der Waals surface area contributed by atoms with Gasteiger partial charge < -0.3 is 10.1 Å². The molecule has 0 radical (unpaired) electrons. The predicted octanol–water partition coefficient (Wildman–Crippen LogP) is 4.35. The summed E-state index contributed by atoms with van der Waals surface area (Å²) in [4.78, 5) is 15.6. The van der Waals surface area contributed by atoms with Crippen LogP contribution in [-0.2, 0) is 16.6 Å². The number of ether oxygens (including phenoxy) is 1. The fraction of sp³-hybridized carbons (Fsp3) is 0.500. The molecule has 4 rings (SSSR count). The monoisotopic (exact) mass is 485 g/mol. The number of likely N-dealkylation sites (tertiary alicyclic amines) is 1. The third-order valence-electron chi connectivity index (χ3n) is 6.74. The third kappa shape index (κ3) is 5.79. The van der Waals surface area contributed by atoms with Gasteiger partial charge in [0.1, 0.15) is 5.75 Å². The van der Waals surface area contributed by atoms with Gasteiger partial charge in [-0.3, -0.25) is 9.69 Å². The fourth-order valence-electron chi connectivity index (χ4n) is 4.84. The molecule has 2 aromatic rings. The zero-order chi connectivity index (χ0) is 24.1. The highest BCUT2D eigenvalue weighted by Crippen LogP contribution is 2.30. The number of carbonyl (C=O) groups is 1. The van der Waals surface area contributed by atoms with Gasteiger partial charge in [0.15, 0.2) is 0 Å². The Morgan fingerprint density at radius 1 is 1.03 bits per heavy atom. The first-order valence-corrected chi connectivity index (χ1v) is 13.6. The van der Waals surface area contributed by atoms with Gasteiger partial charge in [-0.05, 0) is 74.0 Å². The number of hydrogen-bond acceptors (Lipinski definition) is 5. The van der Waals surface area contributed by atoms with E-state index in [9.17, 15) is 13.2 Å². The highest BCUT2D eigenvalue weighted by atomic mass is 32.2. The number of hydrogen-bond donors (Lipinski definition) is 1. The first kappa shape index (κ1) is 24.7. The molecule has 1 unspecified atom stereocenters. The van der Waals surface area contributed by atoms with Crippen molar-refractivity contribution < 1.29 is 17.9 Å². The summed E-state index contributed by atoms with van der Waals surface area (Å²) >= 11 is 0. The van der Waals surface area contributed by atoms with Crippen LogP contribution in [0.15, 0.2) is 47.4 Å². The number of carbonyl (C=O) groups excluding carboxylic acids is 1. The van der Waals surface area contributed by atoms with Crippen molar-refractivity contribution in [3.8, 4) is 5.75 Å². The zero-order valence-corrected chi connectivity index (χ0v) is 20.9. The lowest BCUT2D eigenvalue weighted by molar-refractivity contribution is 0.102. The van der Waals surface area contributed by atoms with E-state index in [2.05, 4.69) is 17.1 Å². The lowest BCUT2D eigenvalue weighted by Crippen LogP contribution is -2.35. The SMILES string of the molecule is COc1ccc(S(=O)(=O)N2CCCCC2)cc1NC(=O)c1ccc(CN2CCCC(C)C2)cc1. The van der Waals surface area contributed by atoms with Gasteiger partial charge >= 0.3 is 0 Å². The molecular weight excluding hydrogens is 450 g/mol. The number of benzene rings is 2. The second kappa shape index (κ2) is 10.9. The number of anilines is 1. The second-order valence-electron chi connectivity index (χ2n) is 9.46. The second-order valence-corrected chi connectivity index (χ2v) is 11.4. The van der Waals surface area contributed by atoms with Crippen LogP contribution in [-0.4, -0.2) is 56.8 Å². The molecule has 2 aliphatic rings. The average molecular weight is 486 g/mol. The number of nitrogens with one attached hydrogen (secondary N) is 1. The molecule has 1 N–H and O–H groups in total. The first-order chi connectivity index (χ1) is 16.4. The Kier molecular flexibility index (Phi) is 7.91. The van der Waals surface area contributed by atoms with Gasteiger partial charge in [-0.25, -0.2) is 8.42 Å². The summed E-state index contributed by atoms with van der Waals surface area (Å²) in [5.41, 5.74) is 2.04. The molecule has 2 aliphatic heterocycles. The summed E-state index contributed by atoms with van der Waals surface area (Å²) in [6.45, 7) is 6.45. The Morgan fingerprint density at radius 2 is 1.76 bits per heavy atom.